The first-order valence-corrected chi connectivity index (χ1v) is 10.4. The zero-order valence-electron chi connectivity index (χ0n) is 15.8. The lowest BCUT2D eigenvalue weighted by atomic mass is 9.81. The van der Waals surface area contributed by atoms with Crippen LogP contribution in [0.25, 0.3) is 10.9 Å². The molecule has 0 atom stereocenters. The number of nitriles is 2. The SMILES string of the molecule is CCCS(=O)(=O)Nc1n[nH]c2ccc(C3C(C#N)=C(C)NC(C)=C3C#N)cc12. The highest BCUT2D eigenvalue weighted by Crippen LogP contribution is 2.38. The minimum Gasteiger partial charge on any atom is -0.361 e. The predicted molar refractivity (Wildman–Crippen MR) is 106 cm³/mol. The zero-order valence-corrected chi connectivity index (χ0v) is 16.6. The van der Waals surface area contributed by atoms with E-state index >= 15 is 0 Å². The van der Waals surface area contributed by atoms with Crippen LogP contribution < -0.4 is 10.0 Å². The van der Waals surface area contributed by atoms with Crippen LogP contribution in [-0.2, 0) is 10.0 Å². The van der Waals surface area contributed by atoms with Gasteiger partial charge < -0.3 is 5.32 Å². The maximum absolute atomic E-state index is 12.1. The van der Waals surface area contributed by atoms with Gasteiger partial charge in [-0.1, -0.05) is 13.0 Å². The molecule has 0 radical (unpaired) electrons. The van der Waals surface area contributed by atoms with Crippen LogP contribution in [0.5, 0.6) is 0 Å². The van der Waals surface area contributed by atoms with Crippen molar-refractivity contribution in [3.05, 3.63) is 46.3 Å². The molecule has 1 aromatic heterocycles. The molecule has 28 heavy (non-hydrogen) atoms. The molecule has 0 saturated carbocycles. The summed E-state index contributed by atoms with van der Waals surface area (Å²) in [4.78, 5) is 0. The van der Waals surface area contributed by atoms with Crippen LogP contribution in [0.1, 0.15) is 38.7 Å². The minimum atomic E-state index is -3.50. The maximum Gasteiger partial charge on any atom is 0.233 e. The van der Waals surface area contributed by atoms with E-state index in [9.17, 15) is 18.9 Å². The summed E-state index contributed by atoms with van der Waals surface area (Å²) in [7, 11) is -3.50. The summed E-state index contributed by atoms with van der Waals surface area (Å²) in [5, 5.41) is 29.8. The first-order valence-electron chi connectivity index (χ1n) is 8.78. The van der Waals surface area contributed by atoms with E-state index in [1.54, 1.807) is 32.9 Å². The van der Waals surface area contributed by atoms with Crippen molar-refractivity contribution in [3.63, 3.8) is 0 Å². The second-order valence-corrected chi connectivity index (χ2v) is 8.50. The zero-order chi connectivity index (χ0) is 20.5. The second-order valence-electron chi connectivity index (χ2n) is 6.66. The summed E-state index contributed by atoms with van der Waals surface area (Å²) < 4.78 is 26.8. The Morgan fingerprint density at radius 2 is 1.82 bits per heavy atom. The first kappa shape index (κ1) is 19.5. The lowest BCUT2D eigenvalue weighted by molar-refractivity contribution is 0.599. The molecule has 0 spiro atoms. The van der Waals surface area contributed by atoms with Crippen LogP contribution in [0.15, 0.2) is 40.7 Å². The van der Waals surface area contributed by atoms with E-state index in [2.05, 4.69) is 32.4 Å². The number of fused-ring (bicyclic) bond motifs is 1. The number of aromatic amines is 1. The molecule has 9 heteroatoms. The van der Waals surface area contributed by atoms with Gasteiger partial charge >= 0.3 is 0 Å². The largest absolute Gasteiger partial charge is 0.361 e. The third-order valence-corrected chi connectivity index (χ3v) is 6.10. The molecule has 0 amide bonds. The van der Waals surface area contributed by atoms with E-state index in [4.69, 9.17) is 0 Å². The number of hydrogen-bond acceptors (Lipinski definition) is 6. The number of rotatable bonds is 5. The number of aromatic nitrogens is 2. The number of hydrogen-bond donors (Lipinski definition) is 3. The van der Waals surface area contributed by atoms with Crippen molar-refractivity contribution in [3.8, 4) is 12.1 Å². The molecule has 1 aliphatic rings. The van der Waals surface area contributed by atoms with E-state index < -0.39 is 15.9 Å². The van der Waals surface area contributed by atoms with Gasteiger partial charge in [-0.05, 0) is 38.0 Å². The van der Waals surface area contributed by atoms with Crippen molar-refractivity contribution in [2.75, 3.05) is 10.5 Å². The van der Waals surface area contributed by atoms with Gasteiger partial charge in [0.25, 0.3) is 0 Å². The van der Waals surface area contributed by atoms with Crippen molar-refractivity contribution in [2.24, 2.45) is 0 Å². The summed E-state index contributed by atoms with van der Waals surface area (Å²) in [6.45, 7) is 5.38. The van der Waals surface area contributed by atoms with Crippen molar-refractivity contribution < 1.29 is 8.42 Å². The van der Waals surface area contributed by atoms with Gasteiger partial charge in [0.05, 0.1) is 40.5 Å². The molecule has 0 aliphatic carbocycles. The van der Waals surface area contributed by atoms with Gasteiger partial charge in [0, 0.05) is 16.8 Å². The van der Waals surface area contributed by atoms with Gasteiger partial charge in [-0.15, -0.1) is 0 Å². The Balaban J connectivity index is 2.14. The number of sulfonamides is 1. The monoisotopic (exact) mass is 396 g/mol. The molecule has 0 fully saturated rings. The van der Waals surface area contributed by atoms with Crippen molar-refractivity contribution in [1.29, 1.82) is 10.5 Å². The molecular formula is C19H20N6O2S. The molecule has 0 saturated heterocycles. The fourth-order valence-electron chi connectivity index (χ4n) is 3.38. The molecule has 1 aromatic carbocycles. The number of allylic oxidation sites excluding steroid dienone is 4. The van der Waals surface area contributed by atoms with Crippen molar-refractivity contribution in [1.82, 2.24) is 15.5 Å². The number of nitrogens with zero attached hydrogens (tertiary/aromatic N) is 3. The van der Waals surface area contributed by atoms with Gasteiger partial charge in [0.2, 0.25) is 10.0 Å². The fourth-order valence-corrected chi connectivity index (χ4v) is 4.47. The predicted octanol–water partition coefficient (Wildman–Crippen LogP) is 3.00. The van der Waals surface area contributed by atoms with Crippen LogP contribution in [0.2, 0.25) is 0 Å². The van der Waals surface area contributed by atoms with Crippen molar-refractivity contribution >= 4 is 26.7 Å². The molecule has 2 aromatic rings. The van der Waals surface area contributed by atoms with E-state index in [-0.39, 0.29) is 11.6 Å². The Bertz CT molecular complexity index is 1160. The fraction of sp³-hybridized carbons (Fsp3) is 0.316. The third-order valence-electron chi connectivity index (χ3n) is 4.65. The average molecular weight is 396 g/mol. The molecule has 2 heterocycles. The highest BCUT2D eigenvalue weighted by Gasteiger charge is 2.29. The Kier molecular flexibility index (Phi) is 5.12. The van der Waals surface area contributed by atoms with Crippen LogP contribution in [0.4, 0.5) is 5.82 Å². The molecular weight excluding hydrogens is 376 g/mol. The van der Waals surface area contributed by atoms with Gasteiger partial charge in [0.15, 0.2) is 5.82 Å². The normalized spacial score (nSPS) is 15.3. The number of nitrogens with one attached hydrogen (secondary N) is 3. The van der Waals surface area contributed by atoms with E-state index in [1.807, 2.05) is 6.07 Å². The van der Waals surface area contributed by atoms with Gasteiger partial charge in [-0.3, -0.25) is 9.82 Å². The third kappa shape index (κ3) is 3.45. The van der Waals surface area contributed by atoms with Crippen LogP contribution in [0, 0.1) is 22.7 Å². The Labute approximate surface area is 163 Å². The molecule has 1 aliphatic heterocycles. The summed E-state index contributed by atoms with van der Waals surface area (Å²) in [5.41, 5.74) is 3.68. The average Bonchev–Trinajstić information content (AvgIpc) is 3.02. The maximum atomic E-state index is 12.1. The summed E-state index contributed by atoms with van der Waals surface area (Å²) in [6.07, 6.45) is 0.489. The summed E-state index contributed by atoms with van der Waals surface area (Å²) >= 11 is 0. The van der Waals surface area contributed by atoms with E-state index in [0.29, 0.717) is 39.9 Å². The molecule has 144 valence electrons. The number of dihydropyridines is 1. The highest BCUT2D eigenvalue weighted by molar-refractivity contribution is 7.92. The number of H-pyrrole nitrogens is 1. The van der Waals surface area contributed by atoms with Crippen molar-refractivity contribution in [2.45, 2.75) is 33.1 Å². The van der Waals surface area contributed by atoms with Gasteiger partial charge in [-0.25, -0.2) is 8.42 Å². The summed E-state index contributed by atoms with van der Waals surface area (Å²) in [6, 6.07) is 9.75. The lowest BCUT2D eigenvalue weighted by Crippen LogP contribution is -2.23. The summed E-state index contributed by atoms with van der Waals surface area (Å²) in [5.74, 6) is -0.315. The topological polar surface area (TPSA) is 134 Å². The number of benzene rings is 1. The van der Waals surface area contributed by atoms with E-state index in [1.165, 1.54) is 0 Å². The smallest absolute Gasteiger partial charge is 0.233 e. The lowest BCUT2D eigenvalue weighted by Gasteiger charge is -2.26. The molecule has 8 nitrogen and oxygen atoms in total. The van der Waals surface area contributed by atoms with Gasteiger partial charge in [0.1, 0.15) is 0 Å². The quantitative estimate of drug-likeness (QED) is 0.711. The van der Waals surface area contributed by atoms with Crippen LogP contribution in [0.3, 0.4) is 0 Å². The van der Waals surface area contributed by atoms with Crippen LogP contribution >= 0.6 is 0 Å². The Morgan fingerprint density at radius 3 is 2.39 bits per heavy atom. The molecule has 0 unspecified atom stereocenters. The van der Waals surface area contributed by atoms with Crippen LogP contribution in [-0.4, -0.2) is 24.4 Å². The molecule has 0 bridgehead atoms. The molecule has 3 N–H and O–H groups in total. The van der Waals surface area contributed by atoms with E-state index in [0.717, 1.165) is 5.56 Å². The Morgan fingerprint density at radius 1 is 1.18 bits per heavy atom. The molecule has 3 rings (SSSR count). The standard InChI is InChI=1S/C19H20N6O2S/c1-4-7-28(26,27)25-19-14-8-13(5-6-17(14)23-24-19)18-15(9-20)11(2)22-12(3)16(18)10-21/h5-6,8,18,22H,4,7H2,1-3H3,(H2,23,24,25). The Hall–Kier alpha value is -3.30. The van der Waals surface area contributed by atoms with Gasteiger partial charge in [-0.2, -0.15) is 15.6 Å². The first-order chi connectivity index (χ1) is 13.3. The number of anilines is 1. The minimum absolute atomic E-state index is 0.00361. The highest BCUT2D eigenvalue weighted by atomic mass is 32.2. The second kappa shape index (κ2) is 7.37.